The summed E-state index contributed by atoms with van der Waals surface area (Å²) >= 11 is 0. The average Bonchev–Trinajstić information content (AvgIpc) is 3.41. The Kier molecular flexibility index (Phi) is 5.75. The first-order valence-electron chi connectivity index (χ1n) is 12.1. The molecule has 1 aromatic rings. The van der Waals surface area contributed by atoms with E-state index in [0.29, 0.717) is 30.7 Å². The molecule has 1 aromatic carbocycles. The van der Waals surface area contributed by atoms with Crippen molar-refractivity contribution in [1.82, 2.24) is 4.90 Å². The highest BCUT2D eigenvalue weighted by Gasteiger charge is 2.54. The summed E-state index contributed by atoms with van der Waals surface area (Å²) in [5, 5.41) is 5.03. The number of nitrogens with zero attached hydrogens (tertiary/aromatic N) is 1. The van der Waals surface area contributed by atoms with E-state index in [2.05, 4.69) is 13.0 Å². The summed E-state index contributed by atoms with van der Waals surface area (Å²) in [6, 6.07) is 4.98. The highest BCUT2D eigenvalue weighted by atomic mass is 32.2. The fourth-order valence-corrected chi connectivity index (χ4v) is 7.56. The number of fused-ring (bicyclic) bond motifs is 5. The Morgan fingerprint density at radius 3 is 2.74 bits per heavy atom. The van der Waals surface area contributed by atoms with Crippen LogP contribution in [0.25, 0.3) is 0 Å². The maximum Gasteiger partial charge on any atom is 0.380 e. The van der Waals surface area contributed by atoms with E-state index in [4.69, 9.17) is 14.1 Å². The molecule has 1 heterocycles. The van der Waals surface area contributed by atoms with Crippen molar-refractivity contribution < 1.29 is 26.9 Å². The Labute approximate surface area is 200 Å². The highest BCUT2D eigenvalue weighted by Crippen LogP contribution is 2.61. The Bertz CT molecular complexity index is 1160. The van der Waals surface area contributed by atoms with Crippen LogP contribution < -0.4 is 9.32 Å². The lowest BCUT2D eigenvalue weighted by Crippen LogP contribution is -2.47. The lowest BCUT2D eigenvalue weighted by Gasteiger charge is -2.50. The second-order valence-electron chi connectivity index (χ2n) is 10.3. The van der Waals surface area contributed by atoms with Crippen LogP contribution in [0.15, 0.2) is 29.8 Å². The number of aryl methyl sites for hydroxylation is 1. The van der Waals surface area contributed by atoms with Crippen LogP contribution in [0.5, 0.6) is 5.75 Å². The number of rotatable bonds is 4. The van der Waals surface area contributed by atoms with Crippen molar-refractivity contribution in [2.75, 3.05) is 13.7 Å². The molecular formula is C25H32N2O6S. The van der Waals surface area contributed by atoms with Crippen molar-refractivity contribution in [2.45, 2.75) is 63.8 Å². The number of nitrogens with two attached hydrogens (primary N) is 1. The largest absolute Gasteiger partial charge is 0.467 e. The summed E-state index contributed by atoms with van der Waals surface area (Å²) in [4.78, 5) is 27.6. The summed E-state index contributed by atoms with van der Waals surface area (Å²) in [5.74, 6) is 1.12. The van der Waals surface area contributed by atoms with E-state index in [1.54, 1.807) is 17.0 Å². The molecule has 9 heteroatoms. The van der Waals surface area contributed by atoms with Gasteiger partial charge < -0.3 is 13.8 Å². The van der Waals surface area contributed by atoms with Crippen molar-refractivity contribution >= 4 is 22.2 Å². The topological polar surface area (TPSA) is 116 Å². The van der Waals surface area contributed by atoms with Crippen LogP contribution in [0.2, 0.25) is 0 Å². The van der Waals surface area contributed by atoms with Gasteiger partial charge in [0.15, 0.2) is 0 Å². The fraction of sp³-hybridized carbons (Fsp3) is 0.600. The first kappa shape index (κ1) is 23.4. The zero-order chi connectivity index (χ0) is 24.3. The number of ether oxygens (including phenoxy) is 1. The third-order valence-electron chi connectivity index (χ3n) is 8.71. The minimum Gasteiger partial charge on any atom is -0.467 e. The van der Waals surface area contributed by atoms with E-state index in [0.717, 1.165) is 49.7 Å². The van der Waals surface area contributed by atoms with Gasteiger partial charge in [-0.3, -0.25) is 4.79 Å². The summed E-state index contributed by atoms with van der Waals surface area (Å²) < 4.78 is 32.4. The number of hydrogen-bond donors (Lipinski definition) is 1. The maximum absolute atomic E-state index is 13.6. The van der Waals surface area contributed by atoms with Gasteiger partial charge in [0, 0.05) is 17.5 Å². The first-order valence-corrected chi connectivity index (χ1v) is 13.5. The number of carbonyl (C=O) groups is 2. The molecule has 5 rings (SSSR count). The van der Waals surface area contributed by atoms with Crippen molar-refractivity contribution in [3.8, 4) is 5.75 Å². The van der Waals surface area contributed by atoms with Gasteiger partial charge in [0.05, 0.1) is 7.11 Å². The van der Waals surface area contributed by atoms with E-state index in [9.17, 15) is 18.0 Å². The number of amides is 1. The molecule has 1 amide bonds. The Morgan fingerprint density at radius 1 is 1.21 bits per heavy atom. The molecule has 0 spiro atoms. The summed E-state index contributed by atoms with van der Waals surface area (Å²) in [5.41, 5.74) is 3.04. The number of carbonyl (C=O) groups excluding carboxylic acids is 2. The van der Waals surface area contributed by atoms with E-state index in [-0.39, 0.29) is 23.0 Å². The molecule has 5 unspecified atom stereocenters. The molecule has 1 aliphatic heterocycles. The molecule has 8 nitrogen and oxygen atoms in total. The predicted octanol–water partition coefficient (Wildman–Crippen LogP) is 2.83. The second-order valence-corrected chi connectivity index (χ2v) is 11.5. The van der Waals surface area contributed by atoms with E-state index < -0.39 is 16.3 Å². The van der Waals surface area contributed by atoms with Crippen molar-refractivity contribution in [3.05, 3.63) is 41.0 Å². The quantitative estimate of drug-likeness (QED) is 0.652. The highest BCUT2D eigenvalue weighted by molar-refractivity contribution is 7.84. The summed E-state index contributed by atoms with van der Waals surface area (Å²) in [7, 11) is -2.67. The molecule has 2 fully saturated rings. The van der Waals surface area contributed by atoms with Gasteiger partial charge in [0.2, 0.25) is 0 Å². The average molecular weight is 489 g/mol. The number of allylic oxidation sites excluding steroid dienone is 1. The van der Waals surface area contributed by atoms with Gasteiger partial charge in [-0.15, -0.1) is 0 Å². The van der Waals surface area contributed by atoms with Gasteiger partial charge in [-0.1, -0.05) is 19.1 Å². The SMILES string of the molecule is COC(=O)C1CCCN1C(=O)C1=CCC2C3CCc4cc(OS(N)(=O)=O)ccc4C3CCC12C. The molecule has 1 saturated heterocycles. The Hall–Kier alpha value is -2.39. The fourth-order valence-electron chi connectivity index (χ4n) is 7.19. The summed E-state index contributed by atoms with van der Waals surface area (Å²) in [6.07, 6.45) is 8.17. The molecule has 4 aliphatic rings. The van der Waals surface area contributed by atoms with Crippen LogP contribution in [0.4, 0.5) is 0 Å². The molecule has 1 saturated carbocycles. The smallest absolute Gasteiger partial charge is 0.380 e. The number of hydrogen-bond acceptors (Lipinski definition) is 6. The van der Waals surface area contributed by atoms with Crippen molar-refractivity contribution in [3.63, 3.8) is 0 Å². The van der Waals surface area contributed by atoms with Crippen LogP contribution in [-0.2, 0) is 31.1 Å². The monoisotopic (exact) mass is 488 g/mol. The Balaban J connectivity index is 1.36. The lowest BCUT2D eigenvalue weighted by molar-refractivity contribution is -0.150. The minimum absolute atomic E-state index is 0.00246. The molecule has 0 bridgehead atoms. The normalized spacial score (nSPS) is 32.3. The molecular weight excluding hydrogens is 456 g/mol. The maximum atomic E-state index is 13.6. The zero-order valence-electron chi connectivity index (χ0n) is 19.7. The van der Waals surface area contributed by atoms with Gasteiger partial charge in [-0.2, -0.15) is 13.6 Å². The zero-order valence-corrected chi connectivity index (χ0v) is 20.5. The van der Waals surface area contributed by atoms with Gasteiger partial charge in [-0.25, -0.2) is 4.79 Å². The standard InChI is InChI=1S/C25H32N2O6S/c1-25-12-11-18-17-8-6-16(33-34(26,30)31)14-15(17)5-7-19(18)20(25)9-10-21(25)23(28)27-13-3-4-22(27)24(29)32-2/h6,8,10,14,18-20,22H,3-5,7,9,11-13H2,1-2H3,(H2,26,30,31). The third kappa shape index (κ3) is 3.82. The van der Waals surface area contributed by atoms with Crippen molar-refractivity contribution in [1.29, 1.82) is 0 Å². The van der Waals surface area contributed by atoms with Gasteiger partial charge in [0.1, 0.15) is 11.8 Å². The second kappa shape index (κ2) is 8.37. The van der Waals surface area contributed by atoms with Crippen LogP contribution in [-0.4, -0.2) is 44.9 Å². The number of likely N-dealkylation sites (tertiary alicyclic amines) is 1. The number of esters is 1. The third-order valence-corrected chi connectivity index (χ3v) is 9.13. The molecule has 2 N–H and O–H groups in total. The number of benzene rings is 1. The Morgan fingerprint density at radius 2 is 2.00 bits per heavy atom. The van der Waals surface area contributed by atoms with Crippen LogP contribution >= 0.6 is 0 Å². The van der Waals surface area contributed by atoms with Crippen LogP contribution in [0.3, 0.4) is 0 Å². The minimum atomic E-state index is -4.05. The number of methoxy groups -OCH3 is 1. The van der Waals surface area contributed by atoms with Gasteiger partial charge in [-0.05, 0) is 86.0 Å². The first-order chi connectivity index (χ1) is 16.1. The molecule has 34 heavy (non-hydrogen) atoms. The lowest BCUT2D eigenvalue weighted by atomic mass is 9.54. The van der Waals surface area contributed by atoms with E-state index in [1.807, 2.05) is 6.07 Å². The molecule has 5 atom stereocenters. The van der Waals surface area contributed by atoms with Crippen LogP contribution in [0.1, 0.15) is 62.5 Å². The molecule has 3 aliphatic carbocycles. The van der Waals surface area contributed by atoms with E-state index >= 15 is 0 Å². The van der Waals surface area contributed by atoms with Crippen molar-refractivity contribution in [2.24, 2.45) is 22.4 Å². The molecule has 0 radical (unpaired) electrons. The predicted molar refractivity (Wildman–Crippen MR) is 125 cm³/mol. The molecule has 0 aromatic heterocycles. The summed E-state index contributed by atoms with van der Waals surface area (Å²) in [6.45, 7) is 2.82. The molecule has 184 valence electrons. The van der Waals surface area contributed by atoms with Crippen LogP contribution in [0, 0.1) is 17.3 Å². The van der Waals surface area contributed by atoms with Gasteiger partial charge >= 0.3 is 16.3 Å². The van der Waals surface area contributed by atoms with Gasteiger partial charge in [0.25, 0.3) is 5.91 Å². The van der Waals surface area contributed by atoms with E-state index in [1.165, 1.54) is 12.7 Å².